The Morgan fingerprint density at radius 1 is 1.21 bits per heavy atom. The van der Waals surface area contributed by atoms with Crippen LogP contribution in [-0.2, 0) is 0 Å². The van der Waals surface area contributed by atoms with Crippen molar-refractivity contribution in [3.63, 3.8) is 0 Å². The van der Waals surface area contributed by atoms with E-state index in [-0.39, 0.29) is 12.2 Å². The summed E-state index contributed by atoms with van der Waals surface area (Å²) in [7, 11) is 0. The molecule has 1 rings (SSSR count). The molecule has 0 fully saturated rings. The normalized spacial score (nSPS) is 11.5. The van der Waals surface area contributed by atoms with Gasteiger partial charge >= 0.3 is 6.30 Å². The third-order valence-corrected chi connectivity index (χ3v) is 2.48. The highest BCUT2D eigenvalue weighted by molar-refractivity contribution is 14.1. The first-order valence-corrected chi connectivity index (χ1v) is 5.13. The fourth-order valence-corrected chi connectivity index (χ4v) is 1.49. The van der Waals surface area contributed by atoms with Crippen LogP contribution in [0, 0.1) is 3.57 Å². The molecule has 0 aliphatic rings. The van der Waals surface area contributed by atoms with Crippen molar-refractivity contribution >= 4 is 28.3 Å². The average Bonchev–Trinajstić information content (AvgIpc) is 2.07. The van der Waals surface area contributed by atoms with Gasteiger partial charge in [-0.25, -0.2) is 0 Å². The van der Waals surface area contributed by atoms with Gasteiger partial charge in [0.2, 0.25) is 0 Å². The first-order chi connectivity index (χ1) is 6.45. The van der Waals surface area contributed by atoms with Crippen LogP contribution in [0.25, 0.3) is 0 Å². The third-order valence-electron chi connectivity index (χ3n) is 1.76. The van der Waals surface area contributed by atoms with Crippen molar-refractivity contribution < 1.29 is 13.2 Å². The van der Waals surface area contributed by atoms with E-state index in [9.17, 15) is 13.2 Å². The van der Waals surface area contributed by atoms with E-state index in [2.05, 4.69) is 22.6 Å². The second-order valence-electron chi connectivity index (χ2n) is 2.69. The van der Waals surface area contributed by atoms with Crippen LogP contribution < -0.4 is 4.90 Å². The van der Waals surface area contributed by atoms with Crippen LogP contribution in [0.15, 0.2) is 24.3 Å². The first kappa shape index (κ1) is 11.6. The molecule has 5 heteroatoms. The molecule has 0 spiro atoms. The molecule has 0 saturated carbocycles. The van der Waals surface area contributed by atoms with E-state index in [1.807, 2.05) is 0 Å². The Morgan fingerprint density at radius 2 is 1.71 bits per heavy atom. The highest BCUT2D eigenvalue weighted by Crippen LogP contribution is 2.28. The minimum absolute atomic E-state index is 0.0793. The van der Waals surface area contributed by atoms with Crippen LogP contribution >= 0.6 is 22.6 Å². The highest BCUT2D eigenvalue weighted by atomic mass is 127. The summed E-state index contributed by atoms with van der Waals surface area (Å²) in [5, 5.41) is 0. The Morgan fingerprint density at radius 3 is 2.07 bits per heavy atom. The Labute approximate surface area is 94.0 Å². The maximum absolute atomic E-state index is 12.4. The molecule has 0 unspecified atom stereocenters. The van der Waals surface area contributed by atoms with Gasteiger partial charge in [0.15, 0.2) is 0 Å². The Hall–Kier alpha value is -0.460. The maximum atomic E-state index is 12.4. The molecule has 78 valence electrons. The summed E-state index contributed by atoms with van der Waals surface area (Å²) >= 11 is 2.05. The molecular formula is C9H9F3IN. The van der Waals surface area contributed by atoms with Gasteiger partial charge in [-0.15, -0.1) is 0 Å². The molecule has 1 nitrogen and oxygen atoms in total. The summed E-state index contributed by atoms with van der Waals surface area (Å²) in [6, 6.07) is 6.26. The summed E-state index contributed by atoms with van der Waals surface area (Å²) in [5.41, 5.74) is 0.181. The van der Waals surface area contributed by atoms with Crippen LogP contribution in [0.4, 0.5) is 18.9 Å². The SMILES string of the molecule is CCN(c1ccc(I)cc1)C(F)(F)F. The lowest BCUT2D eigenvalue weighted by Gasteiger charge is -2.25. The number of nitrogens with zero attached hydrogens (tertiary/aromatic N) is 1. The van der Waals surface area contributed by atoms with E-state index < -0.39 is 6.30 Å². The van der Waals surface area contributed by atoms with Crippen LogP contribution in [0.3, 0.4) is 0 Å². The summed E-state index contributed by atoms with van der Waals surface area (Å²) < 4.78 is 38.2. The average molecular weight is 315 g/mol. The second-order valence-corrected chi connectivity index (χ2v) is 3.93. The van der Waals surface area contributed by atoms with Gasteiger partial charge in [0, 0.05) is 15.8 Å². The standard InChI is InChI=1S/C9H9F3IN/c1-2-14(9(10,11)12)8-5-3-7(13)4-6-8/h3-6H,2H2,1H3. The maximum Gasteiger partial charge on any atom is 0.484 e. The van der Waals surface area contributed by atoms with Crippen molar-refractivity contribution in [3.8, 4) is 0 Å². The predicted molar refractivity (Wildman–Crippen MR) is 58.2 cm³/mol. The molecule has 0 saturated heterocycles. The fraction of sp³-hybridized carbons (Fsp3) is 0.333. The summed E-state index contributed by atoms with van der Waals surface area (Å²) in [5.74, 6) is 0. The lowest BCUT2D eigenvalue weighted by molar-refractivity contribution is -0.128. The van der Waals surface area contributed by atoms with Crippen LogP contribution in [-0.4, -0.2) is 12.8 Å². The van der Waals surface area contributed by atoms with E-state index in [0.717, 1.165) is 3.57 Å². The lowest BCUT2D eigenvalue weighted by Crippen LogP contribution is -2.37. The first-order valence-electron chi connectivity index (χ1n) is 4.05. The smallest absolute Gasteiger partial charge is 0.284 e. The number of alkyl halides is 3. The molecule has 1 aromatic carbocycles. The van der Waals surface area contributed by atoms with Crippen molar-refractivity contribution in [2.75, 3.05) is 11.4 Å². The largest absolute Gasteiger partial charge is 0.484 e. The fourth-order valence-electron chi connectivity index (χ4n) is 1.13. The van der Waals surface area contributed by atoms with Gasteiger partial charge < -0.3 is 0 Å². The van der Waals surface area contributed by atoms with Crippen molar-refractivity contribution in [3.05, 3.63) is 27.8 Å². The topological polar surface area (TPSA) is 3.24 Å². The van der Waals surface area contributed by atoms with Crippen LogP contribution in [0.5, 0.6) is 0 Å². The molecule has 14 heavy (non-hydrogen) atoms. The molecule has 0 amide bonds. The zero-order chi connectivity index (χ0) is 10.8. The van der Waals surface area contributed by atoms with Gasteiger partial charge in [-0.1, -0.05) is 0 Å². The quantitative estimate of drug-likeness (QED) is 0.595. The molecule has 0 N–H and O–H groups in total. The number of hydrogen-bond acceptors (Lipinski definition) is 1. The van der Waals surface area contributed by atoms with Crippen molar-refractivity contribution in [1.29, 1.82) is 0 Å². The molecule has 0 aromatic heterocycles. The molecule has 0 radical (unpaired) electrons. The van der Waals surface area contributed by atoms with Gasteiger partial charge in [0.25, 0.3) is 0 Å². The molecule has 0 bridgehead atoms. The van der Waals surface area contributed by atoms with Gasteiger partial charge in [-0.3, -0.25) is 4.90 Å². The zero-order valence-electron chi connectivity index (χ0n) is 7.48. The third kappa shape index (κ3) is 2.76. The van der Waals surface area contributed by atoms with Crippen LogP contribution in [0.2, 0.25) is 0 Å². The van der Waals surface area contributed by atoms with Gasteiger partial charge in [-0.2, -0.15) is 13.2 Å². The molecular weight excluding hydrogens is 306 g/mol. The van der Waals surface area contributed by atoms with Crippen molar-refractivity contribution in [2.45, 2.75) is 13.2 Å². The van der Waals surface area contributed by atoms with Gasteiger partial charge in [-0.05, 0) is 53.8 Å². The van der Waals surface area contributed by atoms with E-state index >= 15 is 0 Å². The molecule has 0 aliphatic heterocycles. The van der Waals surface area contributed by atoms with E-state index in [0.29, 0.717) is 4.90 Å². The minimum atomic E-state index is -4.30. The number of hydrogen-bond donors (Lipinski definition) is 0. The Bertz CT molecular complexity index is 294. The Balaban J connectivity index is 2.96. The summed E-state index contributed by atoms with van der Waals surface area (Å²) in [6.07, 6.45) is -4.30. The molecule has 0 aliphatic carbocycles. The van der Waals surface area contributed by atoms with Crippen LogP contribution in [0.1, 0.15) is 6.92 Å². The monoisotopic (exact) mass is 315 g/mol. The van der Waals surface area contributed by atoms with Crippen molar-refractivity contribution in [2.24, 2.45) is 0 Å². The Kier molecular flexibility index (Phi) is 3.63. The summed E-state index contributed by atoms with van der Waals surface area (Å²) in [4.78, 5) is 0.406. The minimum Gasteiger partial charge on any atom is -0.284 e. The molecule has 1 aromatic rings. The second kappa shape index (κ2) is 4.37. The molecule has 0 atom stereocenters. The van der Waals surface area contributed by atoms with E-state index in [1.165, 1.54) is 19.1 Å². The predicted octanol–water partition coefficient (Wildman–Crippen LogP) is 3.64. The lowest BCUT2D eigenvalue weighted by atomic mass is 10.3. The van der Waals surface area contributed by atoms with Gasteiger partial charge in [0.1, 0.15) is 0 Å². The van der Waals surface area contributed by atoms with Gasteiger partial charge in [0.05, 0.1) is 0 Å². The van der Waals surface area contributed by atoms with Crippen molar-refractivity contribution in [1.82, 2.24) is 0 Å². The number of rotatable bonds is 2. The molecule has 0 heterocycles. The zero-order valence-corrected chi connectivity index (χ0v) is 9.63. The van der Waals surface area contributed by atoms with E-state index in [4.69, 9.17) is 0 Å². The number of halogens is 4. The summed E-state index contributed by atoms with van der Waals surface area (Å²) in [6.45, 7) is 1.40. The highest BCUT2D eigenvalue weighted by Gasteiger charge is 2.36. The number of benzene rings is 1. The number of anilines is 1. The van der Waals surface area contributed by atoms with E-state index in [1.54, 1.807) is 12.1 Å².